The molecule has 0 bridgehead atoms. The van der Waals surface area contributed by atoms with Crippen LogP contribution in [0.3, 0.4) is 0 Å². The van der Waals surface area contributed by atoms with E-state index in [-0.39, 0.29) is 0 Å². The van der Waals surface area contributed by atoms with E-state index >= 15 is 0 Å². The van der Waals surface area contributed by atoms with E-state index in [2.05, 4.69) is 36.6 Å². The molecule has 1 aliphatic carbocycles. The molecule has 0 saturated heterocycles. The molecule has 2 atom stereocenters. The average Bonchev–Trinajstić information content (AvgIpc) is 2.49. The highest BCUT2D eigenvalue weighted by Gasteiger charge is 2.32. The summed E-state index contributed by atoms with van der Waals surface area (Å²) in [6, 6.07) is 9.12. The lowest BCUT2D eigenvalue weighted by Crippen LogP contribution is -2.45. The fourth-order valence-electron chi connectivity index (χ4n) is 3.93. The number of hydrogen-bond donors (Lipinski definition) is 1. The number of para-hydroxylation sites is 1. The normalized spacial score (nSPS) is 25.4. The highest BCUT2D eigenvalue weighted by molar-refractivity contribution is 5.35. The Morgan fingerprint density at radius 1 is 1.11 bits per heavy atom. The average molecular weight is 259 g/mol. The molecule has 1 fully saturated rings. The summed E-state index contributed by atoms with van der Waals surface area (Å²) in [5, 5.41) is 3.59. The molecule has 1 aromatic rings. The van der Waals surface area contributed by atoms with E-state index in [9.17, 15) is 0 Å². The monoisotopic (exact) mass is 259 g/mol. The Morgan fingerprint density at radius 2 is 1.89 bits per heavy atom. The van der Waals surface area contributed by atoms with E-state index in [1.165, 1.54) is 37.7 Å². The molecule has 2 unspecified atom stereocenters. The first-order chi connectivity index (χ1) is 9.38. The lowest BCUT2D eigenvalue weighted by molar-refractivity contribution is 0.139. The standard InChI is InChI=1S/C17H25NO/c1-18-17(13-7-3-2-4-8-13)15-11-14-9-5-6-10-16(14)19-12-15/h5-6,9-10,13,15,17-18H,2-4,7-8,11-12H2,1H3. The first-order valence-corrected chi connectivity index (χ1v) is 7.76. The van der Waals surface area contributed by atoms with Crippen LogP contribution in [0.25, 0.3) is 0 Å². The van der Waals surface area contributed by atoms with E-state index in [0.717, 1.165) is 24.7 Å². The molecule has 0 spiro atoms. The SMILES string of the molecule is CNC(C1CCCCC1)C1COc2ccccc2C1. The van der Waals surface area contributed by atoms with Crippen molar-refractivity contribution >= 4 is 0 Å². The van der Waals surface area contributed by atoms with Gasteiger partial charge in [0.25, 0.3) is 0 Å². The van der Waals surface area contributed by atoms with Crippen molar-refractivity contribution in [1.29, 1.82) is 0 Å². The first-order valence-electron chi connectivity index (χ1n) is 7.76. The molecular weight excluding hydrogens is 234 g/mol. The van der Waals surface area contributed by atoms with E-state index in [1.807, 2.05) is 0 Å². The second-order valence-electron chi connectivity index (χ2n) is 6.10. The van der Waals surface area contributed by atoms with Crippen molar-refractivity contribution in [3.05, 3.63) is 29.8 Å². The fourth-order valence-corrected chi connectivity index (χ4v) is 3.93. The van der Waals surface area contributed by atoms with Gasteiger partial charge in [-0.05, 0) is 43.9 Å². The van der Waals surface area contributed by atoms with Crippen LogP contribution in [-0.4, -0.2) is 19.7 Å². The zero-order valence-electron chi connectivity index (χ0n) is 11.9. The van der Waals surface area contributed by atoms with Gasteiger partial charge in [0.15, 0.2) is 0 Å². The van der Waals surface area contributed by atoms with E-state index < -0.39 is 0 Å². The van der Waals surface area contributed by atoms with Crippen LogP contribution < -0.4 is 10.1 Å². The summed E-state index contributed by atoms with van der Waals surface area (Å²) >= 11 is 0. The fraction of sp³-hybridized carbons (Fsp3) is 0.647. The molecule has 1 aromatic carbocycles. The summed E-state index contributed by atoms with van der Waals surface area (Å²) in [6.07, 6.45) is 8.20. The van der Waals surface area contributed by atoms with Crippen LogP contribution in [0.5, 0.6) is 5.75 Å². The second kappa shape index (κ2) is 5.96. The van der Waals surface area contributed by atoms with Crippen molar-refractivity contribution in [3.63, 3.8) is 0 Å². The summed E-state index contributed by atoms with van der Waals surface area (Å²) in [5.41, 5.74) is 1.38. The third kappa shape index (κ3) is 2.79. The van der Waals surface area contributed by atoms with Gasteiger partial charge >= 0.3 is 0 Å². The molecule has 1 saturated carbocycles. The predicted octanol–water partition coefficient (Wildman–Crippen LogP) is 3.41. The zero-order valence-corrected chi connectivity index (χ0v) is 11.9. The number of ether oxygens (including phenoxy) is 1. The predicted molar refractivity (Wildman–Crippen MR) is 78.6 cm³/mol. The van der Waals surface area contributed by atoms with Crippen LogP contribution in [-0.2, 0) is 6.42 Å². The van der Waals surface area contributed by atoms with Gasteiger partial charge in [0.1, 0.15) is 5.75 Å². The maximum atomic E-state index is 5.97. The van der Waals surface area contributed by atoms with Gasteiger partial charge in [0.05, 0.1) is 6.61 Å². The minimum absolute atomic E-state index is 0.619. The Hall–Kier alpha value is -1.02. The smallest absolute Gasteiger partial charge is 0.122 e. The van der Waals surface area contributed by atoms with E-state index in [0.29, 0.717) is 12.0 Å². The van der Waals surface area contributed by atoms with Crippen LogP contribution in [0, 0.1) is 11.8 Å². The number of fused-ring (bicyclic) bond motifs is 1. The summed E-state index contributed by atoms with van der Waals surface area (Å²) in [7, 11) is 2.12. The number of nitrogens with one attached hydrogen (secondary N) is 1. The van der Waals surface area contributed by atoms with Crippen molar-refractivity contribution in [2.24, 2.45) is 11.8 Å². The van der Waals surface area contributed by atoms with Gasteiger partial charge in [-0.25, -0.2) is 0 Å². The molecular formula is C17H25NO. The van der Waals surface area contributed by atoms with Crippen molar-refractivity contribution in [1.82, 2.24) is 5.32 Å². The van der Waals surface area contributed by atoms with Gasteiger partial charge in [-0.1, -0.05) is 37.5 Å². The van der Waals surface area contributed by atoms with Crippen LogP contribution in [0.1, 0.15) is 37.7 Å². The van der Waals surface area contributed by atoms with Crippen molar-refractivity contribution in [2.75, 3.05) is 13.7 Å². The maximum Gasteiger partial charge on any atom is 0.122 e. The minimum Gasteiger partial charge on any atom is -0.493 e. The Labute approximate surface area is 116 Å². The minimum atomic E-state index is 0.619. The van der Waals surface area contributed by atoms with Crippen molar-refractivity contribution in [2.45, 2.75) is 44.6 Å². The third-order valence-electron chi connectivity index (χ3n) is 4.91. The van der Waals surface area contributed by atoms with Crippen molar-refractivity contribution in [3.8, 4) is 5.75 Å². The Kier molecular flexibility index (Phi) is 4.07. The number of hydrogen-bond acceptors (Lipinski definition) is 2. The molecule has 2 heteroatoms. The molecule has 1 heterocycles. The molecule has 2 aliphatic rings. The summed E-state index contributed by atoms with van der Waals surface area (Å²) in [5.74, 6) is 2.57. The van der Waals surface area contributed by atoms with Gasteiger partial charge < -0.3 is 10.1 Å². The molecule has 0 radical (unpaired) electrons. The lowest BCUT2D eigenvalue weighted by Gasteiger charge is -2.38. The van der Waals surface area contributed by atoms with Gasteiger partial charge in [0.2, 0.25) is 0 Å². The molecule has 104 valence electrons. The summed E-state index contributed by atoms with van der Waals surface area (Å²) < 4.78 is 5.97. The summed E-state index contributed by atoms with van der Waals surface area (Å²) in [4.78, 5) is 0. The van der Waals surface area contributed by atoms with Crippen LogP contribution in [0.2, 0.25) is 0 Å². The molecule has 3 rings (SSSR count). The third-order valence-corrected chi connectivity index (χ3v) is 4.91. The quantitative estimate of drug-likeness (QED) is 0.898. The highest BCUT2D eigenvalue weighted by Crippen LogP contribution is 2.34. The molecule has 19 heavy (non-hydrogen) atoms. The van der Waals surface area contributed by atoms with Gasteiger partial charge in [-0.3, -0.25) is 0 Å². The maximum absolute atomic E-state index is 5.97. The molecule has 1 aliphatic heterocycles. The molecule has 0 aromatic heterocycles. The topological polar surface area (TPSA) is 21.3 Å². The van der Waals surface area contributed by atoms with Gasteiger partial charge in [-0.15, -0.1) is 0 Å². The number of benzene rings is 1. The Balaban J connectivity index is 1.71. The van der Waals surface area contributed by atoms with Crippen molar-refractivity contribution < 1.29 is 4.74 Å². The Morgan fingerprint density at radius 3 is 2.68 bits per heavy atom. The van der Waals surface area contributed by atoms with E-state index in [4.69, 9.17) is 4.74 Å². The first kappa shape index (κ1) is 13.0. The molecule has 1 N–H and O–H groups in total. The van der Waals surface area contributed by atoms with Crippen LogP contribution in [0.15, 0.2) is 24.3 Å². The molecule has 0 amide bonds. The molecule has 2 nitrogen and oxygen atoms in total. The largest absolute Gasteiger partial charge is 0.493 e. The van der Waals surface area contributed by atoms with E-state index in [1.54, 1.807) is 0 Å². The summed E-state index contributed by atoms with van der Waals surface area (Å²) in [6.45, 7) is 0.874. The van der Waals surface area contributed by atoms with Gasteiger partial charge in [-0.2, -0.15) is 0 Å². The lowest BCUT2D eigenvalue weighted by atomic mass is 9.76. The van der Waals surface area contributed by atoms with Gasteiger partial charge in [0, 0.05) is 12.0 Å². The second-order valence-corrected chi connectivity index (χ2v) is 6.10. The van der Waals surface area contributed by atoms with Crippen LogP contribution in [0.4, 0.5) is 0 Å². The number of rotatable bonds is 3. The zero-order chi connectivity index (χ0) is 13.1. The highest BCUT2D eigenvalue weighted by atomic mass is 16.5. The van der Waals surface area contributed by atoms with Crippen LogP contribution >= 0.6 is 0 Å². The Bertz CT molecular complexity index is 411.